The molecule has 18 heavy (non-hydrogen) atoms. The second-order valence-corrected chi connectivity index (χ2v) is 5.38. The Balaban J connectivity index is 2.17. The Morgan fingerprint density at radius 1 is 1.61 bits per heavy atom. The summed E-state index contributed by atoms with van der Waals surface area (Å²) in [5, 5.41) is 1.87. The van der Waals surface area contributed by atoms with E-state index >= 15 is 0 Å². The van der Waals surface area contributed by atoms with Crippen LogP contribution in [0.1, 0.15) is 9.67 Å². The third kappa shape index (κ3) is 2.50. The highest BCUT2D eigenvalue weighted by Crippen LogP contribution is 2.27. The van der Waals surface area contributed by atoms with Crippen LogP contribution in [0.15, 0.2) is 11.4 Å². The lowest BCUT2D eigenvalue weighted by Gasteiger charge is -2.39. The van der Waals surface area contributed by atoms with Gasteiger partial charge in [-0.15, -0.1) is 11.3 Å². The monoisotopic (exact) mass is 269 g/mol. The first-order chi connectivity index (χ1) is 8.67. The summed E-state index contributed by atoms with van der Waals surface area (Å²) in [6.45, 7) is 2.92. The molecule has 1 fully saturated rings. The van der Waals surface area contributed by atoms with Crippen molar-refractivity contribution in [2.24, 2.45) is 5.73 Å². The SMILES string of the molecule is COc1ccsc1C(=O)N1CCN(C)CC1CN. The first kappa shape index (κ1) is 13.3. The van der Waals surface area contributed by atoms with Crippen molar-refractivity contribution in [2.45, 2.75) is 6.04 Å². The molecule has 0 radical (unpaired) electrons. The van der Waals surface area contributed by atoms with Crippen LogP contribution < -0.4 is 10.5 Å². The van der Waals surface area contributed by atoms with Crippen LogP contribution >= 0.6 is 11.3 Å². The molecule has 1 aromatic heterocycles. The molecule has 6 heteroatoms. The van der Waals surface area contributed by atoms with Gasteiger partial charge in [-0.3, -0.25) is 4.79 Å². The number of methoxy groups -OCH3 is 1. The van der Waals surface area contributed by atoms with Crippen LogP contribution in [0.5, 0.6) is 5.75 Å². The Kier molecular flexibility index (Phi) is 4.21. The van der Waals surface area contributed by atoms with E-state index in [1.54, 1.807) is 7.11 Å². The normalized spacial score (nSPS) is 21.1. The molecule has 1 aliphatic rings. The Hall–Kier alpha value is -1.11. The van der Waals surface area contributed by atoms with Gasteiger partial charge in [-0.05, 0) is 18.5 Å². The number of thiophene rings is 1. The highest BCUT2D eigenvalue weighted by atomic mass is 32.1. The molecule has 0 aliphatic carbocycles. The summed E-state index contributed by atoms with van der Waals surface area (Å²) < 4.78 is 5.21. The third-order valence-electron chi connectivity index (χ3n) is 3.26. The number of nitrogens with zero attached hydrogens (tertiary/aromatic N) is 2. The summed E-state index contributed by atoms with van der Waals surface area (Å²) in [7, 11) is 3.64. The van der Waals surface area contributed by atoms with E-state index < -0.39 is 0 Å². The Morgan fingerprint density at radius 2 is 2.39 bits per heavy atom. The smallest absolute Gasteiger partial charge is 0.268 e. The van der Waals surface area contributed by atoms with Crippen molar-refractivity contribution in [3.63, 3.8) is 0 Å². The standard InChI is InChI=1S/C12H19N3O2S/c1-14-4-5-15(9(7-13)8-14)12(16)11-10(17-2)3-6-18-11/h3,6,9H,4-5,7-8,13H2,1-2H3. The molecule has 1 unspecified atom stereocenters. The molecule has 2 rings (SSSR count). The summed E-state index contributed by atoms with van der Waals surface area (Å²) in [6.07, 6.45) is 0. The lowest BCUT2D eigenvalue weighted by atomic mass is 10.1. The van der Waals surface area contributed by atoms with Crippen molar-refractivity contribution < 1.29 is 9.53 Å². The van der Waals surface area contributed by atoms with Crippen molar-refractivity contribution in [3.05, 3.63) is 16.3 Å². The number of likely N-dealkylation sites (N-methyl/N-ethyl adjacent to an activating group) is 1. The number of piperazine rings is 1. The fourth-order valence-electron chi connectivity index (χ4n) is 2.22. The van der Waals surface area contributed by atoms with Crippen LogP contribution in [0.3, 0.4) is 0 Å². The first-order valence-electron chi connectivity index (χ1n) is 5.98. The van der Waals surface area contributed by atoms with E-state index in [1.165, 1.54) is 11.3 Å². The number of hydrogen-bond acceptors (Lipinski definition) is 5. The molecule has 0 saturated carbocycles. The molecule has 1 amide bonds. The average molecular weight is 269 g/mol. The van der Waals surface area contributed by atoms with Crippen molar-refractivity contribution in [3.8, 4) is 5.75 Å². The number of hydrogen-bond donors (Lipinski definition) is 1. The predicted octanol–water partition coefficient (Wildman–Crippen LogP) is 0.472. The lowest BCUT2D eigenvalue weighted by molar-refractivity contribution is 0.0518. The van der Waals surface area contributed by atoms with E-state index in [2.05, 4.69) is 11.9 Å². The minimum absolute atomic E-state index is 0.0328. The van der Waals surface area contributed by atoms with Crippen molar-refractivity contribution in [2.75, 3.05) is 40.3 Å². The van der Waals surface area contributed by atoms with E-state index in [4.69, 9.17) is 10.5 Å². The van der Waals surface area contributed by atoms with Gasteiger partial charge in [-0.2, -0.15) is 0 Å². The fourth-order valence-corrected chi connectivity index (χ4v) is 3.04. The zero-order valence-electron chi connectivity index (χ0n) is 10.8. The summed E-state index contributed by atoms with van der Waals surface area (Å²) in [5.41, 5.74) is 5.77. The van der Waals surface area contributed by atoms with Gasteiger partial charge < -0.3 is 20.3 Å². The van der Waals surface area contributed by atoms with Crippen LogP contribution in [0.25, 0.3) is 0 Å². The van der Waals surface area contributed by atoms with Gasteiger partial charge in [0.2, 0.25) is 0 Å². The minimum atomic E-state index is 0.0328. The summed E-state index contributed by atoms with van der Waals surface area (Å²) in [5.74, 6) is 0.685. The molecule has 5 nitrogen and oxygen atoms in total. The summed E-state index contributed by atoms with van der Waals surface area (Å²) in [6, 6.07) is 1.91. The van der Waals surface area contributed by atoms with E-state index in [1.807, 2.05) is 16.3 Å². The maximum absolute atomic E-state index is 12.5. The van der Waals surface area contributed by atoms with Crippen LogP contribution in [0, 0.1) is 0 Å². The Labute approximate surface area is 111 Å². The van der Waals surface area contributed by atoms with Crippen LogP contribution in [-0.4, -0.2) is 62.1 Å². The van der Waals surface area contributed by atoms with Crippen LogP contribution in [0.2, 0.25) is 0 Å². The molecule has 2 N–H and O–H groups in total. The Morgan fingerprint density at radius 3 is 3.06 bits per heavy atom. The minimum Gasteiger partial charge on any atom is -0.495 e. The van der Waals surface area contributed by atoms with Gasteiger partial charge >= 0.3 is 0 Å². The van der Waals surface area contributed by atoms with Crippen LogP contribution in [0.4, 0.5) is 0 Å². The van der Waals surface area contributed by atoms with Crippen molar-refractivity contribution in [1.82, 2.24) is 9.80 Å². The molecular formula is C12H19N3O2S. The van der Waals surface area contributed by atoms with Gasteiger partial charge in [0.1, 0.15) is 10.6 Å². The molecule has 0 bridgehead atoms. The highest BCUT2D eigenvalue weighted by Gasteiger charge is 2.30. The number of carbonyl (C=O) groups excluding carboxylic acids is 1. The number of nitrogens with two attached hydrogens (primary N) is 1. The largest absolute Gasteiger partial charge is 0.495 e. The molecule has 1 aliphatic heterocycles. The van der Waals surface area contributed by atoms with E-state index in [0.29, 0.717) is 17.2 Å². The number of amides is 1. The zero-order valence-corrected chi connectivity index (χ0v) is 11.6. The lowest BCUT2D eigenvalue weighted by Crippen LogP contribution is -2.56. The topological polar surface area (TPSA) is 58.8 Å². The highest BCUT2D eigenvalue weighted by molar-refractivity contribution is 7.12. The second-order valence-electron chi connectivity index (χ2n) is 4.47. The van der Waals surface area contributed by atoms with Gasteiger partial charge in [0.15, 0.2) is 0 Å². The van der Waals surface area contributed by atoms with E-state index in [9.17, 15) is 4.79 Å². The van der Waals surface area contributed by atoms with Gasteiger partial charge in [0.25, 0.3) is 5.91 Å². The molecule has 2 heterocycles. The first-order valence-corrected chi connectivity index (χ1v) is 6.86. The van der Waals surface area contributed by atoms with Gasteiger partial charge in [-0.25, -0.2) is 0 Å². The van der Waals surface area contributed by atoms with Crippen molar-refractivity contribution in [1.29, 1.82) is 0 Å². The number of ether oxygens (including phenoxy) is 1. The molecule has 0 aromatic carbocycles. The number of rotatable bonds is 3. The Bertz CT molecular complexity index is 421. The summed E-state index contributed by atoms with van der Waals surface area (Å²) in [4.78, 5) is 17.2. The maximum Gasteiger partial charge on any atom is 0.268 e. The van der Waals surface area contributed by atoms with Gasteiger partial charge in [-0.1, -0.05) is 0 Å². The van der Waals surface area contributed by atoms with Gasteiger partial charge in [0.05, 0.1) is 13.2 Å². The van der Waals surface area contributed by atoms with Crippen molar-refractivity contribution >= 4 is 17.2 Å². The average Bonchev–Trinajstić information content (AvgIpc) is 2.86. The van der Waals surface area contributed by atoms with Crippen LogP contribution in [-0.2, 0) is 0 Å². The molecule has 100 valence electrons. The van der Waals surface area contributed by atoms with E-state index in [-0.39, 0.29) is 11.9 Å². The second kappa shape index (κ2) is 5.69. The maximum atomic E-state index is 12.5. The fraction of sp³-hybridized carbons (Fsp3) is 0.583. The molecule has 0 spiro atoms. The third-order valence-corrected chi connectivity index (χ3v) is 4.15. The van der Waals surface area contributed by atoms with E-state index in [0.717, 1.165) is 19.6 Å². The summed E-state index contributed by atoms with van der Waals surface area (Å²) >= 11 is 1.42. The molecule has 1 aromatic rings. The number of carbonyl (C=O) groups is 1. The molecule has 1 atom stereocenters. The van der Waals surface area contributed by atoms with Gasteiger partial charge in [0, 0.05) is 26.2 Å². The predicted molar refractivity (Wildman–Crippen MR) is 72.2 cm³/mol. The molecular weight excluding hydrogens is 250 g/mol. The zero-order chi connectivity index (χ0) is 13.1. The molecule has 1 saturated heterocycles. The quantitative estimate of drug-likeness (QED) is 0.866.